The number of hydrogen-bond donors (Lipinski definition) is 0. The van der Waals surface area contributed by atoms with E-state index < -0.39 is 0 Å². The summed E-state index contributed by atoms with van der Waals surface area (Å²) < 4.78 is 5.50. The number of benzene rings is 2. The maximum Gasteiger partial charge on any atom is 0.193 e. The summed E-state index contributed by atoms with van der Waals surface area (Å²) >= 11 is 0. The Morgan fingerprint density at radius 3 is 1.96 bits per heavy atom. The predicted molar refractivity (Wildman–Crippen MR) is 105 cm³/mol. The summed E-state index contributed by atoms with van der Waals surface area (Å²) in [6, 6.07) is 14.6. The monoisotopic (exact) mass is 330 g/mol. The molecule has 126 valence electrons. The van der Waals surface area contributed by atoms with Gasteiger partial charge >= 0.3 is 0 Å². The Labute approximate surface area is 149 Å². The molecule has 0 fully saturated rings. The molecule has 0 aromatic heterocycles. The van der Waals surface area contributed by atoms with Crippen molar-refractivity contribution in [2.24, 2.45) is 0 Å². The van der Waals surface area contributed by atoms with Gasteiger partial charge in [0.25, 0.3) is 0 Å². The molecule has 25 heavy (non-hydrogen) atoms. The van der Waals surface area contributed by atoms with E-state index in [1.807, 2.05) is 44.2 Å². The smallest absolute Gasteiger partial charge is 0.193 e. The first kappa shape index (κ1) is 18.2. The molecule has 2 rings (SSSR count). The first-order chi connectivity index (χ1) is 12.0. The minimum Gasteiger partial charge on any atom is -0.465 e. The molecule has 0 bridgehead atoms. The van der Waals surface area contributed by atoms with E-state index in [4.69, 9.17) is 4.74 Å². The van der Waals surface area contributed by atoms with Crippen LogP contribution in [0.1, 0.15) is 35.3 Å². The molecule has 0 unspecified atom stereocenters. The van der Waals surface area contributed by atoms with Crippen molar-refractivity contribution in [1.82, 2.24) is 0 Å². The van der Waals surface area contributed by atoms with E-state index in [9.17, 15) is 4.79 Å². The van der Waals surface area contributed by atoms with Crippen LogP contribution in [-0.2, 0) is 0 Å². The predicted octanol–water partition coefficient (Wildman–Crippen LogP) is 5.98. The lowest BCUT2D eigenvalue weighted by Crippen LogP contribution is -2.01. The number of rotatable bonds is 7. The third-order valence-electron chi connectivity index (χ3n) is 3.72. The first-order valence-corrected chi connectivity index (χ1v) is 8.04. The lowest BCUT2D eigenvalue weighted by Gasteiger charge is -2.05. The highest BCUT2D eigenvalue weighted by Gasteiger charge is 2.09. The fraction of sp³-hybridized carbons (Fsp3) is 0.0870. The van der Waals surface area contributed by atoms with Gasteiger partial charge in [0.15, 0.2) is 5.78 Å². The van der Waals surface area contributed by atoms with Crippen molar-refractivity contribution in [2.75, 3.05) is 0 Å². The largest absolute Gasteiger partial charge is 0.465 e. The maximum atomic E-state index is 12.5. The Bertz CT molecular complexity index is 819. The van der Waals surface area contributed by atoms with E-state index >= 15 is 0 Å². The standard InChI is InChI=1S/C23H22O2/c1-5-18(4)7-6-16-25-22-14-12-21(13-15-22)23(24)20-10-8-19(9-11-20)17(2)3/h5-16H,1-2H2,3-4H3/b16-6+,18-7-. The summed E-state index contributed by atoms with van der Waals surface area (Å²) in [5.74, 6) is 0.662. The Hall–Kier alpha value is -3.13. The molecule has 0 amide bonds. The summed E-state index contributed by atoms with van der Waals surface area (Å²) in [5, 5.41) is 0. The normalized spacial score (nSPS) is 11.4. The fourth-order valence-corrected chi connectivity index (χ4v) is 2.13. The Balaban J connectivity index is 2.04. The molecule has 0 aliphatic carbocycles. The van der Waals surface area contributed by atoms with Gasteiger partial charge in [-0.25, -0.2) is 0 Å². The van der Waals surface area contributed by atoms with Crippen LogP contribution in [0, 0.1) is 0 Å². The van der Waals surface area contributed by atoms with E-state index in [0.717, 1.165) is 16.7 Å². The topological polar surface area (TPSA) is 26.3 Å². The molecule has 0 spiro atoms. The van der Waals surface area contributed by atoms with Gasteiger partial charge in [-0.2, -0.15) is 0 Å². The zero-order chi connectivity index (χ0) is 18.2. The highest BCUT2D eigenvalue weighted by molar-refractivity contribution is 6.09. The molecule has 2 aromatic carbocycles. The van der Waals surface area contributed by atoms with Gasteiger partial charge in [0.05, 0.1) is 6.26 Å². The van der Waals surface area contributed by atoms with Crippen molar-refractivity contribution in [2.45, 2.75) is 13.8 Å². The van der Waals surface area contributed by atoms with Crippen LogP contribution in [0.4, 0.5) is 0 Å². The van der Waals surface area contributed by atoms with Crippen LogP contribution in [0.25, 0.3) is 5.57 Å². The average molecular weight is 330 g/mol. The van der Waals surface area contributed by atoms with Gasteiger partial charge in [-0.1, -0.05) is 60.7 Å². The van der Waals surface area contributed by atoms with Crippen LogP contribution >= 0.6 is 0 Å². The lowest BCUT2D eigenvalue weighted by molar-refractivity contribution is 0.103. The second-order valence-electron chi connectivity index (χ2n) is 5.77. The maximum absolute atomic E-state index is 12.5. The Morgan fingerprint density at radius 2 is 1.44 bits per heavy atom. The van der Waals surface area contributed by atoms with Crippen molar-refractivity contribution < 1.29 is 9.53 Å². The van der Waals surface area contributed by atoms with Crippen molar-refractivity contribution in [3.63, 3.8) is 0 Å². The molecule has 2 aromatic rings. The molecule has 0 atom stereocenters. The SMILES string of the molecule is C=C/C(C)=C\C=C\Oc1ccc(C(=O)c2ccc(C(=C)C)cc2)cc1. The van der Waals surface area contributed by atoms with Gasteiger partial charge in [0.1, 0.15) is 5.75 Å². The van der Waals surface area contributed by atoms with Crippen molar-refractivity contribution in [1.29, 1.82) is 0 Å². The number of ketones is 1. The van der Waals surface area contributed by atoms with E-state index in [0.29, 0.717) is 16.9 Å². The molecule has 0 heterocycles. The average Bonchev–Trinajstić information content (AvgIpc) is 2.65. The molecule has 0 saturated heterocycles. The van der Waals surface area contributed by atoms with Crippen LogP contribution in [0.2, 0.25) is 0 Å². The van der Waals surface area contributed by atoms with Gasteiger partial charge in [0.2, 0.25) is 0 Å². The van der Waals surface area contributed by atoms with Gasteiger partial charge < -0.3 is 4.74 Å². The van der Waals surface area contributed by atoms with Crippen molar-refractivity contribution in [3.8, 4) is 5.75 Å². The van der Waals surface area contributed by atoms with Crippen molar-refractivity contribution >= 4 is 11.4 Å². The third-order valence-corrected chi connectivity index (χ3v) is 3.72. The summed E-state index contributed by atoms with van der Waals surface area (Å²) in [6.07, 6.45) is 7.08. The quantitative estimate of drug-likeness (QED) is 0.355. The van der Waals surface area contributed by atoms with Crippen LogP contribution in [-0.4, -0.2) is 5.78 Å². The van der Waals surface area contributed by atoms with Gasteiger partial charge in [-0.3, -0.25) is 4.79 Å². The number of carbonyl (C=O) groups is 1. The van der Waals surface area contributed by atoms with Crippen LogP contribution in [0.5, 0.6) is 5.75 Å². The first-order valence-electron chi connectivity index (χ1n) is 8.04. The van der Waals surface area contributed by atoms with Crippen LogP contribution < -0.4 is 4.74 Å². The van der Waals surface area contributed by atoms with E-state index in [1.165, 1.54) is 0 Å². The second kappa shape index (κ2) is 8.65. The van der Waals surface area contributed by atoms with Crippen LogP contribution in [0.3, 0.4) is 0 Å². The van der Waals surface area contributed by atoms with E-state index in [1.54, 1.807) is 42.7 Å². The third kappa shape index (κ3) is 5.18. The highest BCUT2D eigenvalue weighted by atomic mass is 16.5. The molecular weight excluding hydrogens is 308 g/mol. The highest BCUT2D eigenvalue weighted by Crippen LogP contribution is 2.18. The number of ether oxygens (including phenoxy) is 1. The Morgan fingerprint density at radius 1 is 0.920 bits per heavy atom. The summed E-state index contributed by atoms with van der Waals surface area (Å²) in [5.41, 5.74) is 4.35. The molecule has 0 aliphatic rings. The molecular formula is C23H22O2. The van der Waals surface area contributed by atoms with Gasteiger partial charge in [-0.05, 0) is 49.8 Å². The minimum absolute atomic E-state index is 0.0140. The molecule has 0 aliphatic heterocycles. The van der Waals surface area contributed by atoms with Gasteiger partial charge in [0, 0.05) is 11.1 Å². The molecule has 0 saturated carbocycles. The zero-order valence-corrected chi connectivity index (χ0v) is 14.7. The molecule has 0 radical (unpaired) electrons. The summed E-state index contributed by atoms with van der Waals surface area (Å²) in [4.78, 5) is 12.5. The van der Waals surface area contributed by atoms with E-state index in [2.05, 4.69) is 13.2 Å². The number of carbonyl (C=O) groups excluding carboxylic acids is 1. The lowest BCUT2D eigenvalue weighted by atomic mass is 10.0. The number of hydrogen-bond acceptors (Lipinski definition) is 2. The zero-order valence-electron chi connectivity index (χ0n) is 14.7. The molecule has 2 heteroatoms. The summed E-state index contributed by atoms with van der Waals surface area (Å²) in [6.45, 7) is 11.5. The van der Waals surface area contributed by atoms with Crippen LogP contribution in [0.15, 0.2) is 91.8 Å². The van der Waals surface area contributed by atoms with E-state index in [-0.39, 0.29) is 5.78 Å². The Kier molecular flexibility index (Phi) is 6.30. The summed E-state index contributed by atoms with van der Waals surface area (Å²) in [7, 11) is 0. The molecule has 0 N–H and O–H groups in total. The number of allylic oxidation sites excluding steroid dienone is 5. The minimum atomic E-state index is -0.0140. The fourth-order valence-electron chi connectivity index (χ4n) is 2.13. The molecule has 2 nitrogen and oxygen atoms in total. The van der Waals surface area contributed by atoms with Crippen molar-refractivity contribution in [3.05, 3.63) is 108 Å². The van der Waals surface area contributed by atoms with Gasteiger partial charge in [-0.15, -0.1) is 0 Å². The second-order valence-corrected chi connectivity index (χ2v) is 5.77.